The summed E-state index contributed by atoms with van der Waals surface area (Å²) in [6.45, 7) is 6.36. The highest BCUT2D eigenvalue weighted by Crippen LogP contribution is 2.45. The number of aromatic nitrogens is 2. The average molecular weight is 277 g/mol. The van der Waals surface area contributed by atoms with Crippen LogP contribution in [0.4, 0.5) is 0 Å². The minimum atomic E-state index is 0.486. The minimum Gasteiger partial charge on any atom is -0.356 e. The molecular weight excluding hydrogens is 250 g/mol. The molecule has 0 aliphatic heterocycles. The van der Waals surface area contributed by atoms with E-state index in [4.69, 9.17) is 0 Å². The predicted molar refractivity (Wildman–Crippen MR) is 82.5 cm³/mol. The summed E-state index contributed by atoms with van der Waals surface area (Å²) < 4.78 is 0. The van der Waals surface area contributed by atoms with E-state index in [0.717, 1.165) is 30.7 Å². The number of hydrogen-bond donors (Lipinski definition) is 3. The normalized spacial score (nSPS) is 17.9. The topological polar surface area (TPSA) is 65.1 Å². The Morgan fingerprint density at radius 1 is 1.45 bits per heavy atom. The molecule has 0 unspecified atom stereocenters. The second kappa shape index (κ2) is 6.77. The molecule has 0 amide bonds. The van der Waals surface area contributed by atoms with Crippen LogP contribution in [0.25, 0.3) is 0 Å². The number of rotatable bonds is 6. The van der Waals surface area contributed by atoms with Gasteiger partial charge in [-0.1, -0.05) is 20.3 Å². The first-order chi connectivity index (χ1) is 9.63. The molecule has 5 nitrogen and oxygen atoms in total. The molecule has 1 heterocycles. The highest BCUT2D eigenvalue weighted by Gasteiger charge is 2.37. The number of guanidine groups is 1. The van der Waals surface area contributed by atoms with Crippen LogP contribution in [0.1, 0.15) is 45.2 Å². The highest BCUT2D eigenvalue weighted by molar-refractivity contribution is 5.79. The van der Waals surface area contributed by atoms with E-state index < -0.39 is 0 Å². The quantitative estimate of drug-likeness (QED) is 0.552. The second-order valence-corrected chi connectivity index (χ2v) is 6.31. The van der Waals surface area contributed by atoms with E-state index in [-0.39, 0.29) is 0 Å². The third-order valence-corrected chi connectivity index (χ3v) is 4.11. The molecule has 5 heteroatoms. The smallest absolute Gasteiger partial charge is 0.191 e. The van der Waals surface area contributed by atoms with Crippen molar-refractivity contribution >= 4 is 5.96 Å². The Hall–Kier alpha value is -1.52. The Morgan fingerprint density at radius 2 is 2.25 bits per heavy atom. The van der Waals surface area contributed by atoms with Crippen molar-refractivity contribution in [1.29, 1.82) is 0 Å². The maximum atomic E-state index is 4.29. The lowest BCUT2D eigenvalue weighted by Gasteiger charge is -2.43. The second-order valence-electron chi connectivity index (χ2n) is 6.31. The molecule has 3 N–H and O–H groups in total. The fraction of sp³-hybridized carbons (Fsp3) is 0.733. The summed E-state index contributed by atoms with van der Waals surface area (Å²) in [5.41, 5.74) is 1.55. The fourth-order valence-electron chi connectivity index (χ4n) is 3.05. The van der Waals surface area contributed by atoms with E-state index in [1.807, 2.05) is 13.1 Å². The molecule has 20 heavy (non-hydrogen) atoms. The van der Waals surface area contributed by atoms with Gasteiger partial charge in [-0.05, 0) is 36.7 Å². The summed E-state index contributed by atoms with van der Waals surface area (Å²) >= 11 is 0. The van der Waals surface area contributed by atoms with Crippen LogP contribution in [0.3, 0.4) is 0 Å². The first-order valence-electron chi connectivity index (χ1n) is 7.56. The van der Waals surface area contributed by atoms with Crippen LogP contribution in [0, 0.1) is 11.3 Å². The summed E-state index contributed by atoms with van der Waals surface area (Å²) in [5.74, 6) is 1.63. The van der Waals surface area contributed by atoms with Gasteiger partial charge in [-0.2, -0.15) is 5.10 Å². The van der Waals surface area contributed by atoms with Gasteiger partial charge in [0, 0.05) is 19.8 Å². The molecule has 2 rings (SSSR count). The van der Waals surface area contributed by atoms with E-state index in [1.54, 1.807) is 6.20 Å². The van der Waals surface area contributed by atoms with E-state index in [1.165, 1.54) is 25.7 Å². The molecule has 1 fully saturated rings. The van der Waals surface area contributed by atoms with Crippen LogP contribution in [0.2, 0.25) is 0 Å². The van der Waals surface area contributed by atoms with Crippen LogP contribution in [-0.2, 0) is 6.54 Å². The molecule has 1 aliphatic carbocycles. The van der Waals surface area contributed by atoms with Crippen LogP contribution in [-0.4, -0.2) is 29.7 Å². The molecule has 0 spiro atoms. The third kappa shape index (κ3) is 3.99. The summed E-state index contributed by atoms with van der Waals surface area (Å²) in [6, 6.07) is 1.96. The lowest BCUT2D eigenvalue weighted by atomic mass is 9.64. The number of nitrogens with one attached hydrogen (secondary N) is 3. The highest BCUT2D eigenvalue weighted by atomic mass is 15.2. The van der Waals surface area contributed by atoms with Crippen molar-refractivity contribution in [3.63, 3.8) is 0 Å². The molecule has 1 aliphatic rings. The molecule has 1 aromatic rings. The SMILES string of the molecule is CN=C(NCc1ccn[nH]1)NCC1(CC(C)C)CCC1. The molecule has 0 radical (unpaired) electrons. The summed E-state index contributed by atoms with van der Waals surface area (Å²) in [6.07, 6.45) is 7.12. The van der Waals surface area contributed by atoms with Crippen molar-refractivity contribution in [2.45, 2.75) is 46.1 Å². The van der Waals surface area contributed by atoms with Gasteiger partial charge in [-0.3, -0.25) is 10.1 Å². The Bertz CT molecular complexity index is 417. The zero-order valence-electron chi connectivity index (χ0n) is 12.9. The maximum Gasteiger partial charge on any atom is 0.191 e. The van der Waals surface area contributed by atoms with E-state index in [2.05, 4.69) is 39.7 Å². The van der Waals surface area contributed by atoms with Gasteiger partial charge >= 0.3 is 0 Å². The van der Waals surface area contributed by atoms with Crippen molar-refractivity contribution < 1.29 is 0 Å². The van der Waals surface area contributed by atoms with Crippen molar-refractivity contribution in [3.8, 4) is 0 Å². The lowest BCUT2D eigenvalue weighted by Crippen LogP contribution is -2.46. The van der Waals surface area contributed by atoms with Gasteiger partial charge in [0.1, 0.15) is 0 Å². The van der Waals surface area contributed by atoms with Gasteiger partial charge in [0.25, 0.3) is 0 Å². The summed E-state index contributed by atoms with van der Waals surface area (Å²) in [4.78, 5) is 4.29. The first-order valence-corrected chi connectivity index (χ1v) is 7.56. The molecule has 0 aromatic carbocycles. The summed E-state index contributed by atoms with van der Waals surface area (Å²) in [7, 11) is 1.82. The fourth-order valence-corrected chi connectivity index (χ4v) is 3.05. The number of H-pyrrole nitrogens is 1. The van der Waals surface area contributed by atoms with Crippen molar-refractivity contribution in [3.05, 3.63) is 18.0 Å². The Morgan fingerprint density at radius 3 is 2.75 bits per heavy atom. The lowest BCUT2D eigenvalue weighted by molar-refractivity contribution is 0.104. The van der Waals surface area contributed by atoms with Gasteiger partial charge in [0.15, 0.2) is 5.96 Å². The first kappa shape index (κ1) is 14.9. The van der Waals surface area contributed by atoms with E-state index >= 15 is 0 Å². The molecule has 0 bridgehead atoms. The van der Waals surface area contributed by atoms with Crippen LogP contribution in [0.15, 0.2) is 17.3 Å². The van der Waals surface area contributed by atoms with Crippen molar-refractivity contribution in [2.75, 3.05) is 13.6 Å². The minimum absolute atomic E-state index is 0.486. The number of nitrogens with zero attached hydrogens (tertiary/aromatic N) is 2. The Balaban J connectivity index is 1.78. The summed E-state index contributed by atoms with van der Waals surface area (Å²) in [5, 5.41) is 13.7. The van der Waals surface area contributed by atoms with Gasteiger partial charge in [-0.25, -0.2) is 0 Å². The van der Waals surface area contributed by atoms with Gasteiger partial charge < -0.3 is 10.6 Å². The number of aliphatic imine (C=N–C) groups is 1. The Kier molecular flexibility index (Phi) is 5.04. The van der Waals surface area contributed by atoms with E-state index in [0.29, 0.717) is 5.41 Å². The molecule has 112 valence electrons. The van der Waals surface area contributed by atoms with Crippen LogP contribution >= 0.6 is 0 Å². The molecule has 1 aromatic heterocycles. The maximum absolute atomic E-state index is 4.29. The monoisotopic (exact) mass is 277 g/mol. The Labute approximate surface area is 121 Å². The molecule has 1 saturated carbocycles. The van der Waals surface area contributed by atoms with Gasteiger partial charge in [-0.15, -0.1) is 0 Å². The molecule has 0 saturated heterocycles. The molecule has 0 atom stereocenters. The van der Waals surface area contributed by atoms with Crippen molar-refractivity contribution in [2.24, 2.45) is 16.3 Å². The standard InChI is InChI=1S/C15H27N5/c1-12(2)9-15(6-4-7-15)11-18-14(16-3)17-10-13-5-8-19-20-13/h5,8,12H,4,6-7,9-11H2,1-3H3,(H,19,20)(H2,16,17,18). The van der Waals surface area contributed by atoms with Gasteiger partial charge in [0.2, 0.25) is 0 Å². The van der Waals surface area contributed by atoms with Crippen LogP contribution < -0.4 is 10.6 Å². The largest absolute Gasteiger partial charge is 0.356 e. The van der Waals surface area contributed by atoms with E-state index in [9.17, 15) is 0 Å². The zero-order chi connectivity index (χ0) is 14.4. The zero-order valence-corrected chi connectivity index (χ0v) is 12.9. The number of aromatic amines is 1. The number of hydrogen-bond acceptors (Lipinski definition) is 2. The van der Waals surface area contributed by atoms with Crippen molar-refractivity contribution in [1.82, 2.24) is 20.8 Å². The molecular formula is C15H27N5. The predicted octanol–water partition coefficient (Wildman–Crippen LogP) is 2.29. The average Bonchev–Trinajstić information content (AvgIpc) is 2.88. The van der Waals surface area contributed by atoms with Crippen LogP contribution in [0.5, 0.6) is 0 Å². The van der Waals surface area contributed by atoms with Gasteiger partial charge in [0.05, 0.1) is 12.2 Å². The third-order valence-electron chi connectivity index (χ3n) is 4.11.